The van der Waals surface area contributed by atoms with Crippen molar-refractivity contribution in [2.24, 2.45) is 5.73 Å². The first kappa shape index (κ1) is 9.68. The van der Waals surface area contributed by atoms with Gasteiger partial charge in [-0.25, -0.2) is 0 Å². The second kappa shape index (κ2) is 4.11. The zero-order valence-electron chi connectivity index (χ0n) is 8.03. The van der Waals surface area contributed by atoms with E-state index in [-0.39, 0.29) is 6.04 Å². The van der Waals surface area contributed by atoms with E-state index in [4.69, 9.17) is 15.2 Å². The van der Waals surface area contributed by atoms with Gasteiger partial charge in [0.25, 0.3) is 0 Å². The Hall–Kier alpha value is -0.870. The van der Waals surface area contributed by atoms with Gasteiger partial charge in [-0.15, -0.1) is 11.8 Å². The number of rotatable bonds is 1. The highest BCUT2D eigenvalue weighted by atomic mass is 32.2. The van der Waals surface area contributed by atoms with E-state index < -0.39 is 0 Å². The predicted molar refractivity (Wildman–Crippen MR) is 57.2 cm³/mol. The highest BCUT2D eigenvalue weighted by Gasteiger charge is 2.14. The van der Waals surface area contributed by atoms with Crippen LogP contribution in [-0.2, 0) is 0 Å². The highest BCUT2D eigenvalue weighted by Crippen LogP contribution is 2.34. The minimum absolute atomic E-state index is 0.110. The molecule has 0 fully saturated rings. The standard InChI is InChI=1S/C10H13NO2S/c1-12-8-2-3-10-9(4-8)13-5-7(11)6-14-10/h2-4,7H,5-6,11H2,1H3/t7-/m1/s1. The smallest absolute Gasteiger partial charge is 0.136 e. The van der Waals surface area contributed by atoms with E-state index in [2.05, 4.69) is 0 Å². The highest BCUT2D eigenvalue weighted by molar-refractivity contribution is 7.99. The number of nitrogens with two attached hydrogens (primary N) is 1. The quantitative estimate of drug-likeness (QED) is 0.764. The van der Waals surface area contributed by atoms with Crippen molar-refractivity contribution < 1.29 is 9.47 Å². The van der Waals surface area contributed by atoms with Gasteiger partial charge in [-0.3, -0.25) is 0 Å². The summed E-state index contributed by atoms with van der Waals surface area (Å²) in [6.45, 7) is 0.577. The van der Waals surface area contributed by atoms with Gasteiger partial charge in [-0.05, 0) is 12.1 Å². The number of methoxy groups -OCH3 is 1. The topological polar surface area (TPSA) is 44.5 Å². The van der Waals surface area contributed by atoms with Crippen LogP contribution in [0.15, 0.2) is 23.1 Å². The van der Waals surface area contributed by atoms with Crippen LogP contribution in [0.5, 0.6) is 11.5 Å². The predicted octanol–water partition coefficient (Wildman–Crippen LogP) is 1.51. The second-order valence-electron chi connectivity index (χ2n) is 3.19. The summed E-state index contributed by atoms with van der Waals surface area (Å²) in [5, 5.41) is 0. The molecule has 0 radical (unpaired) electrons. The number of fused-ring (bicyclic) bond motifs is 1. The van der Waals surface area contributed by atoms with E-state index in [1.54, 1.807) is 18.9 Å². The molecule has 0 unspecified atom stereocenters. The van der Waals surface area contributed by atoms with Crippen LogP contribution >= 0.6 is 11.8 Å². The first-order chi connectivity index (χ1) is 6.79. The maximum atomic E-state index is 5.81. The maximum Gasteiger partial charge on any atom is 0.136 e. The second-order valence-corrected chi connectivity index (χ2v) is 4.26. The largest absolute Gasteiger partial charge is 0.497 e. The Balaban J connectivity index is 2.27. The summed E-state index contributed by atoms with van der Waals surface area (Å²) in [6.07, 6.45) is 0. The van der Waals surface area contributed by atoms with E-state index in [1.165, 1.54) is 0 Å². The zero-order chi connectivity index (χ0) is 9.97. The van der Waals surface area contributed by atoms with Crippen LogP contribution in [0.25, 0.3) is 0 Å². The van der Waals surface area contributed by atoms with Gasteiger partial charge in [-0.1, -0.05) is 0 Å². The molecule has 76 valence electrons. The lowest BCUT2D eigenvalue weighted by molar-refractivity contribution is 0.293. The van der Waals surface area contributed by atoms with Crippen molar-refractivity contribution in [3.05, 3.63) is 18.2 Å². The molecule has 0 aliphatic carbocycles. The summed E-state index contributed by atoms with van der Waals surface area (Å²) < 4.78 is 10.7. The average molecular weight is 211 g/mol. The van der Waals surface area contributed by atoms with Crippen molar-refractivity contribution in [1.82, 2.24) is 0 Å². The molecule has 2 N–H and O–H groups in total. The van der Waals surface area contributed by atoms with Crippen LogP contribution in [0.2, 0.25) is 0 Å². The fraction of sp³-hybridized carbons (Fsp3) is 0.400. The van der Waals surface area contributed by atoms with Crippen LogP contribution in [0.1, 0.15) is 0 Å². The number of ether oxygens (including phenoxy) is 2. The monoisotopic (exact) mass is 211 g/mol. The third kappa shape index (κ3) is 1.96. The molecule has 0 bridgehead atoms. The molecular weight excluding hydrogens is 198 g/mol. The molecular formula is C10H13NO2S. The van der Waals surface area contributed by atoms with E-state index in [1.807, 2.05) is 18.2 Å². The Morgan fingerprint density at radius 1 is 1.57 bits per heavy atom. The van der Waals surface area contributed by atoms with Gasteiger partial charge in [0.15, 0.2) is 0 Å². The lowest BCUT2D eigenvalue weighted by Crippen LogP contribution is -2.28. The molecule has 1 aliphatic rings. The molecule has 3 nitrogen and oxygen atoms in total. The first-order valence-corrected chi connectivity index (χ1v) is 5.47. The summed E-state index contributed by atoms with van der Waals surface area (Å²) in [7, 11) is 1.65. The Labute approximate surface area is 87.6 Å². The lowest BCUT2D eigenvalue weighted by Gasteiger charge is -2.08. The van der Waals surface area contributed by atoms with Crippen molar-refractivity contribution in [3.63, 3.8) is 0 Å². The molecule has 1 aliphatic heterocycles. The summed E-state index contributed by atoms with van der Waals surface area (Å²) in [5.41, 5.74) is 5.81. The van der Waals surface area contributed by atoms with Gasteiger partial charge in [0, 0.05) is 22.8 Å². The molecule has 0 saturated carbocycles. The average Bonchev–Trinajstić information content (AvgIpc) is 2.40. The molecule has 1 aromatic rings. The van der Waals surface area contributed by atoms with Crippen molar-refractivity contribution in [3.8, 4) is 11.5 Å². The molecule has 0 amide bonds. The molecule has 0 saturated heterocycles. The van der Waals surface area contributed by atoms with Gasteiger partial charge < -0.3 is 15.2 Å². The summed E-state index contributed by atoms with van der Waals surface area (Å²) in [6, 6.07) is 5.96. The van der Waals surface area contributed by atoms with Gasteiger partial charge >= 0.3 is 0 Å². The van der Waals surface area contributed by atoms with Crippen LogP contribution in [0.4, 0.5) is 0 Å². The Morgan fingerprint density at radius 3 is 3.21 bits per heavy atom. The van der Waals surface area contributed by atoms with Gasteiger partial charge in [0.2, 0.25) is 0 Å². The van der Waals surface area contributed by atoms with E-state index in [0.29, 0.717) is 6.61 Å². The number of hydrogen-bond acceptors (Lipinski definition) is 4. The minimum atomic E-state index is 0.110. The van der Waals surface area contributed by atoms with Crippen molar-refractivity contribution in [1.29, 1.82) is 0 Å². The lowest BCUT2D eigenvalue weighted by atomic mass is 10.3. The normalized spacial score (nSPS) is 20.6. The van der Waals surface area contributed by atoms with Gasteiger partial charge in [-0.2, -0.15) is 0 Å². The van der Waals surface area contributed by atoms with Crippen LogP contribution in [0.3, 0.4) is 0 Å². The van der Waals surface area contributed by atoms with Crippen LogP contribution in [-0.4, -0.2) is 25.5 Å². The summed E-state index contributed by atoms with van der Waals surface area (Å²) >= 11 is 1.73. The minimum Gasteiger partial charge on any atom is -0.497 e. The van der Waals surface area contributed by atoms with Crippen molar-refractivity contribution in [2.45, 2.75) is 10.9 Å². The van der Waals surface area contributed by atoms with Gasteiger partial charge in [0.05, 0.1) is 7.11 Å². The third-order valence-electron chi connectivity index (χ3n) is 2.06. The Bertz CT molecular complexity index is 330. The van der Waals surface area contributed by atoms with E-state index in [0.717, 1.165) is 22.1 Å². The first-order valence-electron chi connectivity index (χ1n) is 4.49. The van der Waals surface area contributed by atoms with Crippen LogP contribution < -0.4 is 15.2 Å². The molecule has 4 heteroatoms. The number of benzene rings is 1. The number of hydrogen-bond donors (Lipinski definition) is 1. The van der Waals surface area contributed by atoms with E-state index >= 15 is 0 Å². The third-order valence-corrected chi connectivity index (χ3v) is 3.30. The molecule has 1 aromatic carbocycles. The molecule has 0 aromatic heterocycles. The van der Waals surface area contributed by atoms with Crippen LogP contribution in [0, 0.1) is 0 Å². The maximum absolute atomic E-state index is 5.81. The summed E-state index contributed by atoms with van der Waals surface area (Å²) in [5.74, 6) is 2.60. The molecule has 2 rings (SSSR count). The molecule has 14 heavy (non-hydrogen) atoms. The number of thioether (sulfide) groups is 1. The molecule has 1 atom stereocenters. The van der Waals surface area contributed by atoms with E-state index in [9.17, 15) is 0 Å². The molecule has 0 spiro atoms. The SMILES string of the molecule is COc1ccc2c(c1)OC[C@@H](N)CS2. The Kier molecular flexibility index (Phi) is 2.84. The molecule has 1 heterocycles. The van der Waals surface area contributed by atoms with Crippen molar-refractivity contribution in [2.75, 3.05) is 19.5 Å². The van der Waals surface area contributed by atoms with Gasteiger partial charge in [0.1, 0.15) is 18.1 Å². The van der Waals surface area contributed by atoms with Crippen molar-refractivity contribution >= 4 is 11.8 Å². The fourth-order valence-electron chi connectivity index (χ4n) is 1.29. The Morgan fingerprint density at radius 2 is 2.43 bits per heavy atom. The zero-order valence-corrected chi connectivity index (χ0v) is 8.84. The summed E-state index contributed by atoms with van der Waals surface area (Å²) in [4.78, 5) is 1.14. The fourth-order valence-corrected chi connectivity index (χ4v) is 2.20.